The second kappa shape index (κ2) is 4.00. The summed E-state index contributed by atoms with van der Waals surface area (Å²) in [6, 6.07) is 7.30. The maximum absolute atomic E-state index is 9.21. The number of halogens is 1. The summed E-state index contributed by atoms with van der Waals surface area (Å²) in [4.78, 5) is 0. The Kier molecular flexibility index (Phi) is 2.82. The molecule has 3 nitrogen and oxygen atoms in total. The first-order chi connectivity index (χ1) is 7.53. The van der Waals surface area contributed by atoms with Gasteiger partial charge in [0, 0.05) is 19.4 Å². The first-order valence-corrected chi connectivity index (χ1v) is 5.38. The highest BCUT2D eigenvalue weighted by atomic mass is 35.5. The van der Waals surface area contributed by atoms with E-state index in [-0.39, 0.29) is 6.61 Å². The molecule has 0 bridgehead atoms. The molecule has 0 radical (unpaired) electrons. The Bertz CT molecular complexity index is 438. The van der Waals surface area contributed by atoms with Crippen LogP contribution in [0.3, 0.4) is 0 Å². The SMILES string of the molecule is CC1(C)OC(CO)=C(c2ccccc2Cl)O1. The molecule has 0 fully saturated rings. The molecular weight excluding hydrogens is 228 g/mol. The van der Waals surface area contributed by atoms with E-state index in [0.717, 1.165) is 5.56 Å². The van der Waals surface area contributed by atoms with E-state index < -0.39 is 5.79 Å². The summed E-state index contributed by atoms with van der Waals surface area (Å²) >= 11 is 6.07. The van der Waals surface area contributed by atoms with Crippen molar-refractivity contribution in [2.24, 2.45) is 0 Å². The summed E-state index contributed by atoms with van der Waals surface area (Å²) in [5.74, 6) is 0.170. The molecule has 0 aliphatic carbocycles. The van der Waals surface area contributed by atoms with Crippen LogP contribution in [0.2, 0.25) is 5.02 Å². The van der Waals surface area contributed by atoms with Gasteiger partial charge in [-0.1, -0.05) is 23.7 Å². The van der Waals surface area contributed by atoms with Crippen LogP contribution in [-0.2, 0) is 9.47 Å². The molecule has 1 N–H and O–H groups in total. The lowest BCUT2D eigenvalue weighted by molar-refractivity contribution is -0.114. The summed E-state index contributed by atoms with van der Waals surface area (Å²) in [6.45, 7) is 3.36. The summed E-state index contributed by atoms with van der Waals surface area (Å²) < 4.78 is 11.1. The fourth-order valence-corrected chi connectivity index (χ4v) is 1.84. The smallest absolute Gasteiger partial charge is 0.245 e. The fourth-order valence-electron chi connectivity index (χ4n) is 1.62. The van der Waals surface area contributed by atoms with Crippen molar-refractivity contribution < 1.29 is 14.6 Å². The van der Waals surface area contributed by atoms with Gasteiger partial charge in [-0.25, -0.2) is 0 Å². The minimum Gasteiger partial charge on any atom is -0.451 e. The predicted molar refractivity (Wildman–Crippen MR) is 61.7 cm³/mol. The van der Waals surface area contributed by atoms with Gasteiger partial charge in [0.05, 0.1) is 5.02 Å². The van der Waals surface area contributed by atoms with Crippen molar-refractivity contribution in [2.75, 3.05) is 6.61 Å². The van der Waals surface area contributed by atoms with Crippen LogP contribution in [-0.4, -0.2) is 17.5 Å². The molecule has 0 spiro atoms. The van der Waals surface area contributed by atoms with Crippen molar-refractivity contribution in [1.29, 1.82) is 0 Å². The van der Waals surface area contributed by atoms with E-state index in [1.54, 1.807) is 19.9 Å². The minimum atomic E-state index is -0.757. The van der Waals surface area contributed by atoms with E-state index in [1.807, 2.05) is 18.2 Å². The summed E-state index contributed by atoms with van der Waals surface area (Å²) in [5, 5.41) is 9.79. The second-order valence-corrected chi connectivity index (χ2v) is 4.40. The van der Waals surface area contributed by atoms with Crippen LogP contribution in [0, 0.1) is 0 Å². The summed E-state index contributed by atoms with van der Waals surface area (Å²) in [5.41, 5.74) is 0.735. The van der Waals surface area contributed by atoms with Crippen LogP contribution in [0.5, 0.6) is 0 Å². The van der Waals surface area contributed by atoms with Gasteiger partial charge in [-0.3, -0.25) is 0 Å². The average molecular weight is 241 g/mol. The largest absolute Gasteiger partial charge is 0.451 e. The van der Waals surface area contributed by atoms with Gasteiger partial charge in [0.2, 0.25) is 5.79 Å². The van der Waals surface area contributed by atoms with Crippen LogP contribution in [0.15, 0.2) is 30.0 Å². The molecule has 0 saturated carbocycles. The van der Waals surface area contributed by atoms with Crippen LogP contribution in [0.1, 0.15) is 19.4 Å². The lowest BCUT2D eigenvalue weighted by Crippen LogP contribution is -2.21. The third kappa shape index (κ3) is 2.01. The molecule has 1 aliphatic rings. The topological polar surface area (TPSA) is 38.7 Å². The second-order valence-electron chi connectivity index (χ2n) is 3.99. The Morgan fingerprint density at radius 3 is 2.56 bits per heavy atom. The number of aliphatic hydroxyl groups excluding tert-OH is 1. The Morgan fingerprint density at radius 1 is 1.25 bits per heavy atom. The highest BCUT2D eigenvalue weighted by Gasteiger charge is 2.34. The molecule has 1 heterocycles. The van der Waals surface area contributed by atoms with Gasteiger partial charge in [0.25, 0.3) is 0 Å². The van der Waals surface area contributed by atoms with Gasteiger partial charge in [0.15, 0.2) is 11.5 Å². The molecule has 0 amide bonds. The lowest BCUT2D eigenvalue weighted by Gasteiger charge is -2.18. The molecule has 1 aliphatic heterocycles. The van der Waals surface area contributed by atoms with Gasteiger partial charge in [-0.15, -0.1) is 0 Å². The quantitative estimate of drug-likeness (QED) is 0.864. The van der Waals surface area contributed by atoms with Crippen molar-refractivity contribution in [3.8, 4) is 0 Å². The van der Waals surface area contributed by atoms with Gasteiger partial charge in [0.1, 0.15) is 6.61 Å². The minimum absolute atomic E-state index is 0.204. The predicted octanol–water partition coefficient (Wildman–Crippen LogP) is 2.78. The van der Waals surface area contributed by atoms with Crippen molar-refractivity contribution in [3.05, 3.63) is 40.6 Å². The number of aliphatic hydroxyl groups is 1. The number of rotatable bonds is 2. The van der Waals surface area contributed by atoms with Crippen molar-refractivity contribution >= 4 is 17.4 Å². The van der Waals surface area contributed by atoms with Crippen molar-refractivity contribution in [3.63, 3.8) is 0 Å². The van der Waals surface area contributed by atoms with Gasteiger partial charge < -0.3 is 14.6 Å². The van der Waals surface area contributed by atoms with Crippen LogP contribution in [0.25, 0.3) is 5.76 Å². The zero-order valence-electron chi connectivity index (χ0n) is 9.16. The Labute approximate surface area is 99.3 Å². The maximum atomic E-state index is 9.21. The number of ether oxygens (including phenoxy) is 2. The van der Waals surface area contributed by atoms with Gasteiger partial charge >= 0.3 is 0 Å². The lowest BCUT2D eigenvalue weighted by atomic mass is 10.1. The van der Waals surface area contributed by atoms with Crippen molar-refractivity contribution in [2.45, 2.75) is 19.6 Å². The Hall–Kier alpha value is -1.19. The highest BCUT2D eigenvalue weighted by molar-refractivity contribution is 6.32. The van der Waals surface area contributed by atoms with Crippen molar-refractivity contribution in [1.82, 2.24) is 0 Å². The molecule has 0 aromatic heterocycles. The normalized spacial score (nSPS) is 18.2. The standard InChI is InChI=1S/C12H13ClO3/c1-12(2)15-10(7-14)11(16-12)8-5-3-4-6-9(8)13/h3-6,14H,7H2,1-2H3. The molecule has 1 aromatic carbocycles. The first kappa shape index (κ1) is 11.3. The monoisotopic (exact) mass is 240 g/mol. The molecular formula is C12H13ClO3. The zero-order valence-corrected chi connectivity index (χ0v) is 9.91. The van der Waals surface area contributed by atoms with E-state index in [4.69, 9.17) is 21.1 Å². The van der Waals surface area contributed by atoms with E-state index >= 15 is 0 Å². The maximum Gasteiger partial charge on any atom is 0.245 e. The Balaban J connectivity index is 2.44. The molecule has 86 valence electrons. The first-order valence-electron chi connectivity index (χ1n) is 5.00. The van der Waals surface area contributed by atoms with E-state index in [1.165, 1.54) is 0 Å². The Morgan fingerprint density at radius 2 is 1.94 bits per heavy atom. The molecule has 1 aromatic rings. The summed E-state index contributed by atoms with van der Waals surface area (Å²) in [7, 11) is 0. The molecule has 0 saturated heterocycles. The molecule has 16 heavy (non-hydrogen) atoms. The zero-order chi connectivity index (χ0) is 11.8. The van der Waals surface area contributed by atoms with Gasteiger partial charge in [-0.05, 0) is 12.1 Å². The van der Waals surface area contributed by atoms with E-state index in [0.29, 0.717) is 16.5 Å². The molecule has 0 unspecified atom stereocenters. The summed E-state index contributed by atoms with van der Waals surface area (Å²) in [6.07, 6.45) is 0. The van der Waals surface area contributed by atoms with E-state index in [9.17, 15) is 5.11 Å². The molecule has 4 heteroatoms. The van der Waals surface area contributed by atoms with E-state index in [2.05, 4.69) is 0 Å². The van der Waals surface area contributed by atoms with Gasteiger partial charge in [-0.2, -0.15) is 0 Å². The van der Waals surface area contributed by atoms with Crippen LogP contribution >= 0.6 is 11.6 Å². The molecule has 0 atom stereocenters. The number of hydrogen-bond acceptors (Lipinski definition) is 3. The highest BCUT2D eigenvalue weighted by Crippen LogP contribution is 2.38. The number of hydrogen-bond donors (Lipinski definition) is 1. The van der Waals surface area contributed by atoms with Crippen LogP contribution < -0.4 is 0 Å². The third-order valence-electron chi connectivity index (χ3n) is 2.23. The fraction of sp³-hybridized carbons (Fsp3) is 0.333. The molecule has 2 rings (SSSR count). The number of benzene rings is 1. The third-order valence-corrected chi connectivity index (χ3v) is 2.56. The van der Waals surface area contributed by atoms with Crippen LogP contribution in [0.4, 0.5) is 0 Å². The average Bonchev–Trinajstić information content (AvgIpc) is 2.54.